The van der Waals surface area contributed by atoms with Crippen molar-refractivity contribution in [3.8, 4) is 23.0 Å². The predicted octanol–water partition coefficient (Wildman–Crippen LogP) is -1.30. The van der Waals surface area contributed by atoms with E-state index in [1.165, 1.54) is 61.5 Å². The van der Waals surface area contributed by atoms with E-state index in [9.17, 15) is 61.0 Å². The monoisotopic (exact) mass is 796 g/mol. The van der Waals surface area contributed by atoms with Gasteiger partial charge in [-0.15, -0.1) is 0 Å². The molecule has 3 aliphatic rings. The van der Waals surface area contributed by atoms with Crippen molar-refractivity contribution in [2.45, 2.75) is 112 Å². The summed E-state index contributed by atoms with van der Waals surface area (Å²) in [5, 5.41) is 114. The molecule has 3 aliphatic heterocycles. The van der Waals surface area contributed by atoms with Gasteiger partial charge in [0, 0.05) is 6.08 Å². The van der Waals surface area contributed by atoms with Crippen molar-refractivity contribution in [1.82, 2.24) is 0 Å². The topological polar surface area (TPSA) is 304 Å². The summed E-state index contributed by atoms with van der Waals surface area (Å²) in [6.07, 6.45) is -17.7. The highest BCUT2D eigenvalue weighted by atomic mass is 16.8. The van der Waals surface area contributed by atoms with Crippen LogP contribution < -0.4 is 0 Å². The fourth-order valence-electron chi connectivity index (χ4n) is 6.42. The van der Waals surface area contributed by atoms with Crippen LogP contribution in [0.3, 0.4) is 0 Å². The van der Waals surface area contributed by atoms with Gasteiger partial charge in [-0.2, -0.15) is 0 Å². The van der Waals surface area contributed by atoms with Gasteiger partial charge in [0.1, 0.15) is 54.9 Å². The highest BCUT2D eigenvalue weighted by molar-refractivity contribution is 5.87. The Morgan fingerprint density at radius 3 is 1.84 bits per heavy atom. The smallest absolute Gasteiger partial charge is 0.331 e. The van der Waals surface area contributed by atoms with Gasteiger partial charge in [-0.3, -0.25) is 0 Å². The lowest BCUT2D eigenvalue weighted by molar-refractivity contribution is -0.375. The van der Waals surface area contributed by atoms with Gasteiger partial charge in [0.05, 0.1) is 25.4 Å². The molecular formula is C37H48O19. The second-order valence-electron chi connectivity index (χ2n) is 13.5. The van der Waals surface area contributed by atoms with E-state index in [0.717, 1.165) is 6.08 Å². The zero-order chi connectivity index (χ0) is 40.8. The molecule has 56 heavy (non-hydrogen) atoms. The van der Waals surface area contributed by atoms with E-state index in [1.54, 1.807) is 6.92 Å². The van der Waals surface area contributed by atoms with E-state index in [0.29, 0.717) is 11.1 Å². The Morgan fingerprint density at radius 2 is 1.23 bits per heavy atom. The van der Waals surface area contributed by atoms with E-state index in [-0.39, 0.29) is 30.3 Å². The Labute approximate surface area is 320 Å². The number of carbonyl (C=O) groups excluding carboxylic acids is 1. The van der Waals surface area contributed by atoms with Crippen molar-refractivity contribution < 1.29 is 94.1 Å². The van der Waals surface area contributed by atoms with Crippen molar-refractivity contribution in [2.75, 3.05) is 13.2 Å². The molecule has 2 aromatic rings. The molecule has 15 atom stereocenters. The number of phenols is 4. The molecule has 0 aromatic heterocycles. The van der Waals surface area contributed by atoms with Crippen LogP contribution >= 0.6 is 0 Å². The standard InChI is InChI=1S/C37H48O19/c1-3-23-26(44)27(45)29(47)37(52-23)55-32-16(2)51-36(30(48)28(32)46)56-34-31(49)35(50-12-4-5-17-6-9-19(39)21(41)13-17)53-24(15-38)33(34)54-25(43)11-8-18-7-10-20(40)22(42)14-18/h4-11,13-14,16,23-24,26-42,44-49H,3,12,15H2,1-2H3/t16-,23+,24+,26+,27-,28-,29+,30+,31+,32-,33+,34+,35+,36-,37-/m0/s1. The second-order valence-corrected chi connectivity index (χ2v) is 13.5. The summed E-state index contributed by atoms with van der Waals surface area (Å²) in [5.74, 6) is -2.53. The first kappa shape index (κ1) is 43.2. The predicted molar refractivity (Wildman–Crippen MR) is 188 cm³/mol. The molecule has 5 rings (SSSR count). The molecule has 0 spiro atoms. The van der Waals surface area contributed by atoms with Crippen LogP contribution in [0.1, 0.15) is 31.4 Å². The molecule has 3 saturated heterocycles. The first-order chi connectivity index (χ1) is 26.6. The van der Waals surface area contributed by atoms with Gasteiger partial charge < -0.3 is 89.3 Å². The molecule has 0 amide bonds. The quantitative estimate of drug-likeness (QED) is 0.0637. The zero-order valence-electron chi connectivity index (χ0n) is 30.2. The molecule has 0 unspecified atom stereocenters. The van der Waals surface area contributed by atoms with Gasteiger partial charge in [0.2, 0.25) is 0 Å². The van der Waals surface area contributed by atoms with E-state index >= 15 is 0 Å². The van der Waals surface area contributed by atoms with Gasteiger partial charge in [-0.1, -0.05) is 31.2 Å². The minimum atomic E-state index is -1.92. The van der Waals surface area contributed by atoms with Crippen LogP contribution in [-0.2, 0) is 38.0 Å². The third-order valence-corrected chi connectivity index (χ3v) is 9.55. The first-order valence-electron chi connectivity index (χ1n) is 17.8. The van der Waals surface area contributed by atoms with Crippen molar-refractivity contribution >= 4 is 18.1 Å². The molecular weight excluding hydrogens is 748 g/mol. The van der Waals surface area contributed by atoms with Crippen molar-refractivity contribution in [3.63, 3.8) is 0 Å². The highest BCUT2D eigenvalue weighted by Crippen LogP contribution is 2.34. The fraction of sp³-hybridized carbons (Fsp3) is 0.541. The van der Waals surface area contributed by atoms with Crippen LogP contribution in [0.25, 0.3) is 12.2 Å². The summed E-state index contributed by atoms with van der Waals surface area (Å²) < 4.78 is 40.2. The summed E-state index contributed by atoms with van der Waals surface area (Å²) in [7, 11) is 0. The van der Waals surface area contributed by atoms with Gasteiger partial charge >= 0.3 is 5.97 Å². The lowest BCUT2D eigenvalue weighted by Gasteiger charge is -2.48. The Kier molecular flexibility index (Phi) is 14.7. The van der Waals surface area contributed by atoms with E-state index in [2.05, 4.69) is 0 Å². The summed E-state index contributed by atoms with van der Waals surface area (Å²) in [5.41, 5.74) is 0.793. The second kappa shape index (κ2) is 19.0. The van der Waals surface area contributed by atoms with Crippen LogP contribution in [-0.4, -0.2) is 167 Å². The third kappa shape index (κ3) is 9.95. The molecule has 0 bridgehead atoms. The van der Waals surface area contributed by atoms with Crippen LogP contribution in [0, 0.1) is 0 Å². The molecule has 3 heterocycles. The largest absolute Gasteiger partial charge is 0.504 e. The molecule has 310 valence electrons. The number of ether oxygens (including phenoxy) is 7. The normalized spacial score (nSPS) is 36.6. The molecule has 0 radical (unpaired) electrons. The fourth-order valence-corrected chi connectivity index (χ4v) is 6.42. The highest BCUT2D eigenvalue weighted by Gasteiger charge is 2.54. The summed E-state index contributed by atoms with van der Waals surface area (Å²) in [4.78, 5) is 13.1. The maximum Gasteiger partial charge on any atom is 0.331 e. The van der Waals surface area contributed by atoms with Crippen molar-refractivity contribution in [2.24, 2.45) is 0 Å². The van der Waals surface area contributed by atoms with Gasteiger partial charge in [0.25, 0.3) is 0 Å². The van der Waals surface area contributed by atoms with Gasteiger partial charge in [-0.25, -0.2) is 4.79 Å². The maximum absolute atomic E-state index is 13.1. The molecule has 11 N–H and O–H groups in total. The summed E-state index contributed by atoms with van der Waals surface area (Å²) in [6, 6.07) is 7.86. The number of aromatic hydroxyl groups is 4. The summed E-state index contributed by atoms with van der Waals surface area (Å²) >= 11 is 0. The number of rotatable bonds is 13. The Bertz CT molecular complexity index is 1670. The SMILES string of the molecule is CC[C@H]1O[C@@H](O[C@@H]2[C@@H](O)[C@@H](O)[C@H](O[C@@H]3[C@@H](O)[C@H](OCC=Cc4ccc(O)c(O)c4)O[C@H](CO)[C@H]3OC(=O)C=Cc3ccc(O)c(O)c3)O[C@H]2C)[C@H](O)[C@@H](O)[C@@H]1O. The molecule has 19 heteroatoms. The first-order valence-corrected chi connectivity index (χ1v) is 17.8. The zero-order valence-corrected chi connectivity index (χ0v) is 30.2. The van der Waals surface area contributed by atoms with Crippen LogP contribution in [0.2, 0.25) is 0 Å². The van der Waals surface area contributed by atoms with Gasteiger partial charge in [0.15, 0.2) is 48.0 Å². The lowest BCUT2D eigenvalue weighted by Crippen LogP contribution is -2.66. The third-order valence-electron chi connectivity index (χ3n) is 9.55. The van der Waals surface area contributed by atoms with Crippen LogP contribution in [0.5, 0.6) is 23.0 Å². The number of aliphatic hydroxyl groups excluding tert-OH is 7. The Balaban J connectivity index is 1.33. The minimum absolute atomic E-state index is 0.210. The van der Waals surface area contributed by atoms with Crippen molar-refractivity contribution in [3.05, 3.63) is 59.7 Å². The van der Waals surface area contributed by atoms with E-state index in [4.69, 9.17) is 33.2 Å². The number of hydrogen-bond acceptors (Lipinski definition) is 19. The number of phenolic OH excluding ortho intramolecular Hbond substituents is 4. The molecule has 2 aromatic carbocycles. The maximum atomic E-state index is 13.1. The van der Waals surface area contributed by atoms with E-state index < -0.39 is 110 Å². The molecule has 0 aliphatic carbocycles. The average Bonchev–Trinajstić information content (AvgIpc) is 3.17. The van der Waals surface area contributed by atoms with Crippen LogP contribution in [0.4, 0.5) is 0 Å². The molecule has 0 saturated carbocycles. The number of hydrogen-bond donors (Lipinski definition) is 11. The minimum Gasteiger partial charge on any atom is -0.504 e. The summed E-state index contributed by atoms with van der Waals surface area (Å²) in [6.45, 7) is 2.10. The van der Waals surface area contributed by atoms with Crippen LogP contribution in [0.15, 0.2) is 48.6 Å². The van der Waals surface area contributed by atoms with Gasteiger partial charge in [-0.05, 0) is 54.8 Å². The molecule has 19 nitrogen and oxygen atoms in total. The number of carbonyl (C=O) groups is 1. The Hall–Kier alpha value is -3.93. The van der Waals surface area contributed by atoms with Crippen molar-refractivity contribution in [1.29, 1.82) is 0 Å². The number of aliphatic hydroxyl groups is 7. The molecule has 3 fully saturated rings. The number of benzene rings is 2. The average molecular weight is 797 g/mol. The Morgan fingerprint density at radius 1 is 0.661 bits per heavy atom. The number of esters is 1. The lowest BCUT2D eigenvalue weighted by atomic mass is 9.95. The van der Waals surface area contributed by atoms with E-state index in [1.807, 2.05) is 0 Å².